The van der Waals surface area contributed by atoms with Crippen molar-refractivity contribution < 1.29 is 9.53 Å². The van der Waals surface area contributed by atoms with E-state index >= 15 is 0 Å². The number of benzene rings is 3. The van der Waals surface area contributed by atoms with Gasteiger partial charge in [-0.3, -0.25) is 4.79 Å². The molecule has 108 valence electrons. The van der Waals surface area contributed by atoms with Crippen molar-refractivity contribution in [1.82, 2.24) is 0 Å². The van der Waals surface area contributed by atoms with Gasteiger partial charge in [0.2, 0.25) is 0 Å². The third-order valence-corrected chi connectivity index (χ3v) is 4.57. The maximum Gasteiger partial charge on any atom is 0.321 e. The summed E-state index contributed by atoms with van der Waals surface area (Å²) in [7, 11) is 0. The molecule has 0 N–H and O–H groups in total. The zero-order valence-electron chi connectivity index (χ0n) is 12.2. The van der Waals surface area contributed by atoms with Crippen molar-refractivity contribution in [2.75, 3.05) is 6.61 Å². The summed E-state index contributed by atoms with van der Waals surface area (Å²) in [6, 6.07) is 24.4. The molecule has 0 aliphatic carbocycles. The molecule has 22 heavy (non-hydrogen) atoms. The molecular weight excluding hydrogens is 272 g/mol. The molecule has 1 unspecified atom stereocenters. The Morgan fingerprint density at radius 2 is 1.50 bits per heavy atom. The average Bonchev–Trinajstić information content (AvgIpc) is 2.98. The van der Waals surface area contributed by atoms with Crippen LogP contribution < -0.4 is 0 Å². The Bertz CT molecular complexity index is 838. The normalized spacial score (nSPS) is 21.0. The topological polar surface area (TPSA) is 26.3 Å². The van der Waals surface area contributed by atoms with Crippen molar-refractivity contribution in [3.05, 3.63) is 83.9 Å². The largest absolute Gasteiger partial charge is 0.465 e. The van der Waals surface area contributed by atoms with Crippen LogP contribution in [0, 0.1) is 0 Å². The van der Waals surface area contributed by atoms with Gasteiger partial charge in [0.1, 0.15) is 5.41 Å². The minimum Gasteiger partial charge on any atom is -0.465 e. The van der Waals surface area contributed by atoms with Gasteiger partial charge in [-0.15, -0.1) is 0 Å². The molecule has 1 fully saturated rings. The fraction of sp³-hybridized carbons (Fsp3) is 0.150. The molecule has 2 nitrogen and oxygen atoms in total. The lowest BCUT2D eigenvalue weighted by Gasteiger charge is -2.26. The van der Waals surface area contributed by atoms with Crippen molar-refractivity contribution in [2.45, 2.75) is 11.8 Å². The Morgan fingerprint density at radius 3 is 2.23 bits per heavy atom. The fourth-order valence-electron chi connectivity index (χ4n) is 3.39. The van der Waals surface area contributed by atoms with E-state index in [4.69, 9.17) is 4.74 Å². The molecule has 0 spiro atoms. The highest BCUT2D eigenvalue weighted by molar-refractivity contribution is 5.92. The molecule has 0 amide bonds. The molecule has 0 radical (unpaired) electrons. The third-order valence-electron chi connectivity index (χ3n) is 4.57. The average molecular weight is 288 g/mol. The van der Waals surface area contributed by atoms with Gasteiger partial charge in [0, 0.05) is 6.42 Å². The van der Waals surface area contributed by atoms with E-state index < -0.39 is 5.41 Å². The summed E-state index contributed by atoms with van der Waals surface area (Å²) in [6.45, 7) is 0.473. The summed E-state index contributed by atoms with van der Waals surface area (Å²) in [6.07, 6.45) is 0.689. The molecule has 0 saturated carbocycles. The van der Waals surface area contributed by atoms with Crippen LogP contribution in [0.25, 0.3) is 10.8 Å². The van der Waals surface area contributed by atoms with Gasteiger partial charge in [-0.05, 0) is 28.0 Å². The zero-order valence-corrected chi connectivity index (χ0v) is 12.2. The fourth-order valence-corrected chi connectivity index (χ4v) is 3.39. The molecule has 2 heteroatoms. The van der Waals surface area contributed by atoms with Crippen molar-refractivity contribution >= 4 is 16.7 Å². The van der Waals surface area contributed by atoms with Crippen LogP contribution in [-0.2, 0) is 14.9 Å². The number of ether oxygens (including phenoxy) is 1. The van der Waals surface area contributed by atoms with E-state index in [1.54, 1.807) is 0 Å². The quantitative estimate of drug-likeness (QED) is 0.664. The van der Waals surface area contributed by atoms with Crippen molar-refractivity contribution in [3.8, 4) is 0 Å². The van der Waals surface area contributed by atoms with E-state index in [1.165, 1.54) is 5.39 Å². The van der Waals surface area contributed by atoms with Crippen LogP contribution in [0.1, 0.15) is 17.5 Å². The lowest BCUT2D eigenvalue weighted by Crippen LogP contribution is -2.32. The van der Waals surface area contributed by atoms with Crippen LogP contribution in [-0.4, -0.2) is 12.6 Å². The SMILES string of the molecule is O=C1OCCC1(c1ccccc1)c1ccc2ccccc2c1. The van der Waals surface area contributed by atoms with Gasteiger partial charge in [0.25, 0.3) is 0 Å². The van der Waals surface area contributed by atoms with Gasteiger partial charge in [-0.25, -0.2) is 0 Å². The number of rotatable bonds is 2. The molecular formula is C20H16O2. The van der Waals surface area contributed by atoms with Gasteiger partial charge >= 0.3 is 5.97 Å². The molecule has 3 aromatic carbocycles. The minimum absolute atomic E-state index is 0.144. The Labute approximate surface area is 129 Å². The van der Waals surface area contributed by atoms with E-state index in [-0.39, 0.29) is 5.97 Å². The highest BCUT2D eigenvalue weighted by Crippen LogP contribution is 2.41. The summed E-state index contributed by atoms with van der Waals surface area (Å²) in [5.41, 5.74) is 1.35. The summed E-state index contributed by atoms with van der Waals surface area (Å²) >= 11 is 0. The molecule has 1 saturated heterocycles. The van der Waals surface area contributed by atoms with Crippen LogP contribution in [0.4, 0.5) is 0 Å². The first-order valence-corrected chi connectivity index (χ1v) is 7.53. The van der Waals surface area contributed by atoms with Gasteiger partial charge in [0.15, 0.2) is 0 Å². The molecule has 4 rings (SSSR count). The number of carbonyl (C=O) groups excluding carboxylic acids is 1. The molecule has 1 heterocycles. The first kappa shape index (κ1) is 13.1. The van der Waals surface area contributed by atoms with Gasteiger partial charge in [0.05, 0.1) is 6.61 Å². The van der Waals surface area contributed by atoms with Crippen molar-refractivity contribution in [2.24, 2.45) is 0 Å². The summed E-state index contributed by atoms with van der Waals surface area (Å²) < 4.78 is 5.35. The van der Waals surface area contributed by atoms with Crippen LogP contribution in [0.5, 0.6) is 0 Å². The van der Waals surface area contributed by atoms with E-state index in [9.17, 15) is 4.79 Å². The van der Waals surface area contributed by atoms with Crippen LogP contribution in [0.15, 0.2) is 72.8 Å². The lowest BCUT2D eigenvalue weighted by molar-refractivity contribution is -0.141. The summed E-state index contributed by atoms with van der Waals surface area (Å²) in [5.74, 6) is -0.144. The smallest absolute Gasteiger partial charge is 0.321 e. The Morgan fingerprint density at radius 1 is 0.773 bits per heavy atom. The highest BCUT2D eigenvalue weighted by atomic mass is 16.5. The lowest BCUT2D eigenvalue weighted by atomic mass is 9.73. The number of hydrogen-bond acceptors (Lipinski definition) is 2. The molecule has 1 atom stereocenters. The molecule has 0 bridgehead atoms. The Hall–Kier alpha value is -2.61. The molecule has 3 aromatic rings. The van der Waals surface area contributed by atoms with Crippen LogP contribution in [0.2, 0.25) is 0 Å². The van der Waals surface area contributed by atoms with E-state index in [2.05, 4.69) is 30.3 Å². The zero-order chi connectivity index (χ0) is 15.0. The number of esters is 1. The van der Waals surface area contributed by atoms with E-state index in [0.29, 0.717) is 13.0 Å². The number of carbonyl (C=O) groups is 1. The third kappa shape index (κ3) is 1.84. The van der Waals surface area contributed by atoms with Gasteiger partial charge in [-0.1, -0.05) is 66.7 Å². The second-order valence-electron chi connectivity index (χ2n) is 5.72. The number of hydrogen-bond donors (Lipinski definition) is 0. The van der Waals surface area contributed by atoms with Crippen molar-refractivity contribution in [3.63, 3.8) is 0 Å². The van der Waals surface area contributed by atoms with E-state index in [0.717, 1.165) is 16.5 Å². The molecule has 1 aliphatic heterocycles. The van der Waals surface area contributed by atoms with E-state index in [1.807, 2.05) is 42.5 Å². The molecule has 1 aliphatic rings. The predicted octanol–water partition coefficient (Wildman–Crippen LogP) is 4.07. The first-order chi connectivity index (χ1) is 10.8. The highest BCUT2D eigenvalue weighted by Gasteiger charge is 2.47. The van der Waals surface area contributed by atoms with Crippen LogP contribution >= 0.6 is 0 Å². The molecule has 0 aromatic heterocycles. The van der Waals surface area contributed by atoms with Crippen molar-refractivity contribution in [1.29, 1.82) is 0 Å². The second-order valence-corrected chi connectivity index (χ2v) is 5.72. The Balaban J connectivity index is 1.96. The number of fused-ring (bicyclic) bond motifs is 1. The maximum atomic E-state index is 12.6. The summed E-state index contributed by atoms with van der Waals surface area (Å²) in [4.78, 5) is 12.6. The van der Waals surface area contributed by atoms with Gasteiger partial charge < -0.3 is 4.74 Å². The monoisotopic (exact) mass is 288 g/mol. The first-order valence-electron chi connectivity index (χ1n) is 7.53. The van der Waals surface area contributed by atoms with Crippen LogP contribution in [0.3, 0.4) is 0 Å². The van der Waals surface area contributed by atoms with Gasteiger partial charge in [-0.2, -0.15) is 0 Å². The Kier molecular flexibility index (Phi) is 2.97. The standard InChI is InChI=1S/C20H16O2/c21-19-20(12-13-22-19,17-8-2-1-3-9-17)18-11-10-15-6-4-5-7-16(15)14-18/h1-11,14H,12-13H2. The maximum absolute atomic E-state index is 12.6. The summed E-state index contributed by atoms with van der Waals surface area (Å²) in [5, 5.41) is 2.33. The predicted molar refractivity (Wildman–Crippen MR) is 86.7 cm³/mol. The minimum atomic E-state index is -0.675. The second kappa shape index (κ2) is 4.99. The number of cyclic esters (lactones) is 1.